The van der Waals surface area contributed by atoms with E-state index in [1.807, 2.05) is 0 Å². The van der Waals surface area contributed by atoms with E-state index in [0.29, 0.717) is 5.56 Å². The Balaban J connectivity index is 1.64. The normalized spacial score (nSPS) is 24.0. The Morgan fingerprint density at radius 1 is 1.03 bits per heavy atom. The van der Waals surface area contributed by atoms with Crippen LogP contribution in [0.15, 0.2) is 76.3 Å². The van der Waals surface area contributed by atoms with Crippen molar-refractivity contribution in [1.82, 2.24) is 9.88 Å². The zero-order valence-corrected chi connectivity index (χ0v) is 16.9. The molecule has 31 heavy (non-hydrogen) atoms. The summed E-state index contributed by atoms with van der Waals surface area (Å²) in [5.74, 6) is 0.244. The van der Waals surface area contributed by atoms with Crippen molar-refractivity contribution in [2.45, 2.75) is 34.9 Å². The first-order valence-electron chi connectivity index (χ1n) is 9.41. The molecule has 0 aliphatic heterocycles. The number of rotatable bonds is 6. The molecule has 0 radical (unpaired) electrons. The molecule has 1 fully saturated rings. The molecular weight excluding hydrogens is 433 g/mol. The number of nitrogens with one attached hydrogen (secondary N) is 1. The summed E-state index contributed by atoms with van der Waals surface area (Å²) in [5, 5.41) is 13.6. The van der Waals surface area contributed by atoms with Crippen LogP contribution in [0, 0.1) is 0 Å². The topological polar surface area (TPSA) is 92.4 Å². The average molecular weight is 452 g/mol. The lowest BCUT2D eigenvalue weighted by atomic mass is 9.55. The zero-order chi connectivity index (χ0) is 22.3. The van der Waals surface area contributed by atoms with Gasteiger partial charge < -0.3 is 9.63 Å². The molecule has 0 saturated heterocycles. The van der Waals surface area contributed by atoms with Crippen LogP contribution < -0.4 is 4.72 Å². The van der Waals surface area contributed by atoms with Gasteiger partial charge in [0.2, 0.25) is 10.0 Å². The Kier molecular flexibility index (Phi) is 5.19. The third-order valence-electron chi connectivity index (χ3n) is 5.66. The smallest absolute Gasteiger partial charge is 0.380 e. The maximum absolute atomic E-state index is 13.3. The van der Waals surface area contributed by atoms with E-state index in [1.54, 1.807) is 42.5 Å². The number of hydrogen-bond donors (Lipinski definition) is 2. The lowest BCUT2D eigenvalue weighted by Crippen LogP contribution is -2.65. The number of sulfonamides is 1. The van der Waals surface area contributed by atoms with Crippen molar-refractivity contribution in [1.29, 1.82) is 0 Å². The molecule has 2 N–H and O–H groups in total. The van der Waals surface area contributed by atoms with Crippen LogP contribution in [0.25, 0.3) is 11.3 Å². The molecule has 1 aliphatic carbocycles. The first-order chi connectivity index (χ1) is 14.6. The van der Waals surface area contributed by atoms with Gasteiger partial charge in [-0.25, -0.2) is 13.1 Å². The molecule has 3 aromatic rings. The van der Waals surface area contributed by atoms with Gasteiger partial charge in [-0.3, -0.25) is 0 Å². The first kappa shape index (κ1) is 21.5. The summed E-state index contributed by atoms with van der Waals surface area (Å²) in [6.45, 7) is -0.303. The van der Waals surface area contributed by atoms with Gasteiger partial charge in [0, 0.05) is 23.6 Å². The van der Waals surface area contributed by atoms with E-state index in [1.165, 1.54) is 24.4 Å². The molecule has 1 aliphatic rings. The van der Waals surface area contributed by atoms with Crippen LogP contribution in [0.1, 0.15) is 18.4 Å². The highest BCUT2D eigenvalue weighted by molar-refractivity contribution is 7.89. The van der Waals surface area contributed by atoms with Gasteiger partial charge in [0.15, 0.2) is 11.4 Å². The second-order valence-corrected chi connectivity index (χ2v) is 9.46. The highest BCUT2D eigenvalue weighted by Gasteiger charge is 2.67. The summed E-state index contributed by atoms with van der Waals surface area (Å²) >= 11 is 0. The third-order valence-corrected chi connectivity index (χ3v) is 7.12. The number of alkyl halides is 3. The molecule has 0 atom stereocenters. The fourth-order valence-electron chi connectivity index (χ4n) is 4.06. The number of hydrogen-bond acceptors (Lipinski definition) is 5. The molecule has 2 aromatic carbocycles. The van der Waals surface area contributed by atoms with Gasteiger partial charge in [0.05, 0.1) is 11.1 Å². The molecule has 10 heteroatoms. The van der Waals surface area contributed by atoms with Gasteiger partial charge in [0.25, 0.3) is 0 Å². The van der Waals surface area contributed by atoms with Gasteiger partial charge in [-0.05, 0) is 30.5 Å². The van der Waals surface area contributed by atoms with Crippen LogP contribution in [-0.4, -0.2) is 37.0 Å². The van der Waals surface area contributed by atoms with E-state index < -0.39 is 40.1 Å². The van der Waals surface area contributed by atoms with E-state index in [4.69, 9.17) is 4.52 Å². The number of nitrogens with zero attached hydrogens (tertiary/aromatic N) is 1. The molecular formula is C21H19F3N2O4S. The maximum Gasteiger partial charge on any atom is 0.417 e. The van der Waals surface area contributed by atoms with E-state index in [-0.39, 0.29) is 22.8 Å². The predicted molar refractivity (Wildman–Crippen MR) is 105 cm³/mol. The summed E-state index contributed by atoms with van der Waals surface area (Å²) in [5.41, 5.74) is -3.25. The summed E-state index contributed by atoms with van der Waals surface area (Å²) in [7, 11) is -4.11. The molecule has 0 amide bonds. The average Bonchev–Trinajstić information content (AvgIpc) is 3.25. The minimum Gasteiger partial charge on any atom is -0.380 e. The van der Waals surface area contributed by atoms with E-state index >= 15 is 0 Å². The molecule has 6 nitrogen and oxygen atoms in total. The van der Waals surface area contributed by atoms with Crippen LogP contribution in [0.2, 0.25) is 0 Å². The molecule has 1 aromatic heterocycles. The number of halogens is 3. The van der Waals surface area contributed by atoms with Crippen LogP contribution >= 0.6 is 0 Å². The molecule has 0 unspecified atom stereocenters. The number of aromatic nitrogens is 1. The Morgan fingerprint density at radius 2 is 1.68 bits per heavy atom. The van der Waals surface area contributed by atoms with Crippen molar-refractivity contribution in [2.24, 2.45) is 0 Å². The highest BCUT2D eigenvalue weighted by Crippen LogP contribution is 2.56. The van der Waals surface area contributed by atoms with E-state index in [9.17, 15) is 26.7 Å². The van der Waals surface area contributed by atoms with Crippen LogP contribution in [0.4, 0.5) is 13.2 Å². The van der Waals surface area contributed by atoms with Crippen molar-refractivity contribution in [2.75, 3.05) is 6.54 Å². The van der Waals surface area contributed by atoms with Gasteiger partial charge in [-0.2, -0.15) is 13.2 Å². The first-order valence-corrected chi connectivity index (χ1v) is 10.9. The van der Waals surface area contributed by atoms with Gasteiger partial charge in [0.1, 0.15) is 0 Å². The van der Waals surface area contributed by atoms with Crippen molar-refractivity contribution >= 4 is 10.0 Å². The minimum absolute atomic E-state index is 0.0830. The van der Waals surface area contributed by atoms with Gasteiger partial charge >= 0.3 is 6.18 Å². The van der Waals surface area contributed by atoms with Crippen LogP contribution in [-0.2, 0) is 15.4 Å². The molecule has 0 bridgehead atoms. The van der Waals surface area contributed by atoms with Gasteiger partial charge in [-0.1, -0.05) is 47.6 Å². The predicted octanol–water partition coefficient (Wildman–Crippen LogP) is 3.65. The molecule has 1 saturated carbocycles. The molecule has 164 valence electrons. The summed E-state index contributed by atoms with van der Waals surface area (Å²) in [6.07, 6.45) is -4.70. The van der Waals surface area contributed by atoms with Crippen molar-refractivity contribution < 1.29 is 31.2 Å². The molecule has 0 spiro atoms. The quantitative estimate of drug-likeness (QED) is 0.596. The number of benzene rings is 2. The summed E-state index contributed by atoms with van der Waals surface area (Å²) in [4.78, 5) is -0.0830. The highest BCUT2D eigenvalue weighted by atomic mass is 32.2. The maximum atomic E-state index is 13.3. The van der Waals surface area contributed by atoms with Crippen molar-refractivity contribution in [3.8, 4) is 11.3 Å². The molecule has 1 heterocycles. The Hall–Kier alpha value is -2.69. The van der Waals surface area contributed by atoms with E-state index in [0.717, 1.165) is 0 Å². The second-order valence-electron chi connectivity index (χ2n) is 7.73. The Labute approximate surface area is 176 Å². The van der Waals surface area contributed by atoms with Gasteiger partial charge in [-0.15, -0.1) is 0 Å². The Bertz CT molecular complexity index is 1160. The third kappa shape index (κ3) is 3.86. The lowest BCUT2D eigenvalue weighted by molar-refractivity contribution is -0.303. The Morgan fingerprint density at radius 3 is 2.29 bits per heavy atom. The second kappa shape index (κ2) is 7.47. The lowest BCUT2D eigenvalue weighted by Gasteiger charge is -2.54. The zero-order valence-electron chi connectivity index (χ0n) is 16.1. The summed E-state index contributed by atoms with van der Waals surface area (Å²) in [6, 6.07) is 15.9. The van der Waals surface area contributed by atoms with Crippen LogP contribution in [0.5, 0.6) is 0 Å². The fourth-order valence-corrected chi connectivity index (χ4v) is 5.40. The largest absolute Gasteiger partial charge is 0.417 e. The van der Waals surface area contributed by atoms with Crippen LogP contribution in [0.3, 0.4) is 0 Å². The monoisotopic (exact) mass is 452 g/mol. The SMILES string of the molecule is O=S(=O)(NCC1(c2ccccc2)CC(O)(C(F)(F)F)C1)c1ccccc1-c1ccno1. The summed E-state index contributed by atoms with van der Waals surface area (Å²) < 4.78 is 73.5. The number of aliphatic hydroxyl groups is 1. The van der Waals surface area contributed by atoms with E-state index in [2.05, 4.69) is 9.88 Å². The standard InChI is InChI=1S/C21H19F3N2O4S/c22-21(23,24)20(27)12-19(13-20,15-6-2-1-3-7-15)14-26-31(28,29)18-9-5-4-8-16(18)17-10-11-25-30-17/h1-11,26-27H,12-14H2. The van der Waals surface area contributed by atoms with Crippen molar-refractivity contribution in [3.63, 3.8) is 0 Å². The fraction of sp³-hybridized carbons (Fsp3) is 0.286. The molecule has 4 rings (SSSR count). The minimum atomic E-state index is -4.80. The van der Waals surface area contributed by atoms with Crippen molar-refractivity contribution in [3.05, 3.63) is 72.4 Å².